The highest BCUT2D eigenvalue weighted by molar-refractivity contribution is 5.88. The van der Waals surface area contributed by atoms with Gasteiger partial charge in [0.25, 0.3) is 0 Å². The Labute approximate surface area is 133 Å². The predicted molar refractivity (Wildman–Crippen MR) is 88.5 cm³/mol. The Bertz CT molecular complexity index is 897. The number of ether oxygens (including phenoxy) is 1. The van der Waals surface area contributed by atoms with Crippen molar-refractivity contribution >= 4 is 11.0 Å². The minimum Gasteiger partial charge on any atom is -0.360 e. The van der Waals surface area contributed by atoms with E-state index >= 15 is 0 Å². The predicted octanol–water partition coefficient (Wildman–Crippen LogP) is 3.60. The second-order valence-corrected chi connectivity index (χ2v) is 5.29. The first-order valence-corrected chi connectivity index (χ1v) is 7.47. The van der Waals surface area contributed by atoms with Gasteiger partial charge in [-0.25, -0.2) is 4.98 Å². The van der Waals surface area contributed by atoms with Gasteiger partial charge in [0.2, 0.25) is 0 Å². The van der Waals surface area contributed by atoms with Gasteiger partial charge < -0.3 is 14.3 Å². The van der Waals surface area contributed by atoms with E-state index in [1.54, 1.807) is 12.5 Å². The number of H-pyrrole nitrogens is 1. The molecule has 114 valence electrons. The number of pyridine rings is 1. The molecule has 3 heterocycles. The molecule has 23 heavy (non-hydrogen) atoms. The van der Waals surface area contributed by atoms with Gasteiger partial charge in [0, 0.05) is 12.4 Å². The fourth-order valence-corrected chi connectivity index (χ4v) is 2.61. The van der Waals surface area contributed by atoms with Gasteiger partial charge in [0.15, 0.2) is 0 Å². The molecule has 0 amide bonds. The van der Waals surface area contributed by atoms with Gasteiger partial charge in [-0.2, -0.15) is 0 Å². The van der Waals surface area contributed by atoms with Crippen LogP contribution in [0, 0.1) is 0 Å². The van der Waals surface area contributed by atoms with E-state index in [0.29, 0.717) is 13.3 Å². The van der Waals surface area contributed by atoms with Crippen LogP contribution in [0.15, 0.2) is 67.3 Å². The number of fused-ring (bicyclic) bond motifs is 1. The molecule has 0 saturated carbocycles. The number of imidazole rings is 1. The van der Waals surface area contributed by atoms with E-state index in [9.17, 15) is 0 Å². The summed E-state index contributed by atoms with van der Waals surface area (Å²) in [5.41, 5.74) is 4.86. The zero-order chi connectivity index (χ0) is 15.5. The van der Waals surface area contributed by atoms with Crippen LogP contribution in [0.5, 0.6) is 0 Å². The van der Waals surface area contributed by atoms with Crippen molar-refractivity contribution in [1.82, 2.24) is 19.5 Å². The highest BCUT2D eigenvalue weighted by Gasteiger charge is 2.10. The average molecular weight is 304 g/mol. The van der Waals surface area contributed by atoms with Crippen LogP contribution in [0.4, 0.5) is 0 Å². The Balaban J connectivity index is 1.56. The van der Waals surface area contributed by atoms with Crippen molar-refractivity contribution in [3.05, 3.63) is 72.8 Å². The Morgan fingerprint density at radius 3 is 2.74 bits per heavy atom. The number of rotatable bonds is 5. The third-order valence-corrected chi connectivity index (χ3v) is 3.73. The van der Waals surface area contributed by atoms with Crippen LogP contribution in [-0.2, 0) is 18.1 Å². The normalized spacial score (nSPS) is 11.1. The van der Waals surface area contributed by atoms with E-state index in [1.807, 2.05) is 47.2 Å². The summed E-state index contributed by atoms with van der Waals surface area (Å²) >= 11 is 0. The fraction of sp³-hybridized carbons (Fsp3) is 0.111. The second-order valence-electron chi connectivity index (χ2n) is 5.29. The Hall–Kier alpha value is -2.92. The molecule has 3 aromatic heterocycles. The van der Waals surface area contributed by atoms with E-state index in [0.717, 1.165) is 28.0 Å². The van der Waals surface area contributed by atoms with E-state index in [2.05, 4.69) is 27.1 Å². The molecule has 0 radical (unpaired) electrons. The standard InChI is InChI=1S/C18H16N4O/c1-2-5-14(6-3-1)11-23-13-22-12-21-18-16(22)8-10-20-17(18)15-7-4-9-19-15/h1-10,12,19H,11,13H2. The first-order chi connectivity index (χ1) is 11.4. The minimum atomic E-state index is 0.458. The van der Waals surface area contributed by atoms with Crippen LogP contribution < -0.4 is 0 Å². The zero-order valence-electron chi connectivity index (χ0n) is 12.5. The summed E-state index contributed by atoms with van der Waals surface area (Å²) in [5, 5.41) is 0. The monoisotopic (exact) mass is 304 g/mol. The largest absolute Gasteiger partial charge is 0.360 e. The molecular weight excluding hydrogens is 288 g/mol. The van der Waals surface area contributed by atoms with Crippen LogP contribution in [0.1, 0.15) is 5.56 Å². The van der Waals surface area contributed by atoms with Crippen LogP contribution in [0.2, 0.25) is 0 Å². The molecule has 1 N–H and O–H groups in total. The molecule has 1 aromatic carbocycles. The van der Waals surface area contributed by atoms with Crippen molar-refractivity contribution < 1.29 is 4.74 Å². The molecule has 0 fully saturated rings. The van der Waals surface area contributed by atoms with Gasteiger partial charge >= 0.3 is 0 Å². The maximum absolute atomic E-state index is 5.80. The van der Waals surface area contributed by atoms with E-state index < -0.39 is 0 Å². The fourth-order valence-electron chi connectivity index (χ4n) is 2.61. The molecule has 0 aliphatic heterocycles. The molecule has 0 unspecified atom stereocenters. The summed E-state index contributed by atoms with van der Waals surface area (Å²) in [6.07, 6.45) is 5.48. The molecular formula is C18H16N4O. The lowest BCUT2D eigenvalue weighted by molar-refractivity contribution is 0.0664. The van der Waals surface area contributed by atoms with Crippen LogP contribution >= 0.6 is 0 Å². The summed E-state index contributed by atoms with van der Waals surface area (Å²) in [6, 6.07) is 16.0. The van der Waals surface area contributed by atoms with Gasteiger partial charge in [-0.15, -0.1) is 0 Å². The number of hydrogen-bond donors (Lipinski definition) is 1. The van der Waals surface area contributed by atoms with Crippen LogP contribution in [0.3, 0.4) is 0 Å². The lowest BCUT2D eigenvalue weighted by atomic mass is 10.2. The Kier molecular flexibility index (Phi) is 3.62. The third kappa shape index (κ3) is 2.74. The first kappa shape index (κ1) is 13.7. The number of benzene rings is 1. The Morgan fingerprint density at radius 2 is 1.91 bits per heavy atom. The minimum absolute atomic E-state index is 0.458. The molecule has 0 atom stereocenters. The summed E-state index contributed by atoms with van der Waals surface area (Å²) in [6.45, 7) is 1.04. The number of nitrogens with zero attached hydrogens (tertiary/aromatic N) is 3. The van der Waals surface area contributed by atoms with Crippen molar-refractivity contribution in [3.8, 4) is 11.4 Å². The van der Waals surface area contributed by atoms with E-state index in [4.69, 9.17) is 4.74 Å². The first-order valence-electron chi connectivity index (χ1n) is 7.47. The van der Waals surface area contributed by atoms with Gasteiger partial charge in [-0.3, -0.25) is 4.98 Å². The third-order valence-electron chi connectivity index (χ3n) is 3.73. The molecule has 0 saturated heterocycles. The summed E-state index contributed by atoms with van der Waals surface area (Å²) in [7, 11) is 0. The molecule has 5 heteroatoms. The Morgan fingerprint density at radius 1 is 1.00 bits per heavy atom. The molecule has 4 aromatic rings. The van der Waals surface area contributed by atoms with Gasteiger partial charge in [-0.05, 0) is 23.8 Å². The van der Waals surface area contributed by atoms with Crippen molar-refractivity contribution in [3.63, 3.8) is 0 Å². The number of aromatic amines is 1. The SMILES string of the molecule is c1ccc(COCn2cnc3c(-c4ccc[nH]4)nccc32)cc1. The molecule has 5 nitrogen and oxygen atoms in total. The summed E-state index contributed by atoms with van der Waals surface area (Å²) in [5.74, 6) is 0. The van der Waals surface area contributed by atoms with E-state index in [-0.39, 0.29) is 0 Å². The number of aromatic nitrogens is 4. The van der Waals surface area contributed by atoms with Crippen molar-refractivity contribution in [1.29, 1.82) is 0 Å². The quantitative estimate of drug-likeness (QED) is 0.613. The summed E-state index contributed by atoms with van der Waals surface area (Å²) in [4.78, 5) is 12.1. The van der Waals surface area contributed by atoms with E-state index in [1.165, 1.54) is 0 Å². The summed E-state index contributed by atoms with van der Waals surface area (Å²) < 4.78 is 7.79. The zero-order valence-corrected chi connectivity index (χ0v) is 12.5. The molecule has 0 aliphatic rings. The molecule has 0 spiro atoms. The van der Waals surface area contributed by atoms with Gasteiger partial charge in [0.1, 0.15) is 17.9 Å². The van der Waals surface area contributed by atoms with Gasteiger partial charge in [-0.1, -0.05) is 30.3 Å². The van der Waals surface area contributed by atoms with Crippen molar-refractivity contribution in [2.45, 2.75) is 13.3 Å². The van der Waals surface area contributed by atoms with Gasteiger partial charge in [0.05, 0.1) is 24.1 Å². The highest BCUT2D eigenvalue weighted by Crippen LogP contribution is 2.23. The average Bonchev–Trinajstić information content (AvgIpc) is 3.26. The van der Waals surface area contributed by atoms with Crippen molar-refractivity contribution in [2.75, 3.05) is 0 Å². The van der Waals surface area contributed by atoms with Crippen LogP contribution in [0.25, 0.3) is 22.4 Å². The molecule has 0 bridgehead atoms. The number of hydrogen-bond acceptors (Lipinski definition) is 3. The number of nitrogens with one attached hydrogen (secondary N) is 1. The maximum Gasteiger partial charge on any atom is 0.124 e. The maximum atomic E-state index is 5.80. The van der Waals surface area contributed by atoms with Crippen LogP contribution in [-0.4, -0.2) is 19.5 Å². The lowest BCUT2D eigenvalue weighted by Crippen LogP contribution is -2.01. The molecule has 4 rings (SSSR count). The highest BCUT2D eigenvalue weighted by atomic mass is 16.5. The topological polar surface area (TPSA) is 55.7 Å². The molecule has 0 aliphatic carbocycles. The van der Waals surface area contributed by atoms with Crippen molar-refractivity contribution in [2.24, 2.45) is 0 Å². The lowest BCUT2D eigenvalue weighted by Gasteiger charge is -2.07. The smallest absolute Gasteiger partial charge is 0.124 e. The second kappa shape index (κ2) is 6.06.